The molecule has 0 saturated carbocycles. The van der Waals surface area contributed by atoms with E-state index in [0.717, 1.165) is 30.3 Å². The molecule has 2 heterocycles. The fraction of sp³-hybridized carbons (Fsp3) is 0.385. The van der Waals surface area contributed by atoms with E-state index in [1.807, 2.05) is 6.92 Å². The van der Waals surface area contributed by atoms with Crippen LogP contribution in [0.2, 0.25) is 0 Å². The van der Waals surface area contributed by atoms with Gasteiger partial charge in [0.2, 0.25) is 5.95 Å². The summed E-state index contributed by atoms with van der Waals surface area (Å²) in [5.74, 6) is 0.723. The molecule has 0 spiro atoms. The molecule has 2 aromatic heterocycles. The van der Waals surface area contributed by atoms with E-state index in [4.69, 9.17) is 5.11 Å². The van der Waals surface area contributed by atoms with Gasteiger partial charge >= 0.3 is 0 Å². The van der Waals surface area contributed by atoms with Crippen LogP contribution in [0.4, 0.5) is 5.95 Å². The zero-order valence-corrected chi connectivity index (χ0v) is 11.4. The highest BCUT2D eigenvalue weighted by Crippen LogP contribution is 2.17. The summed E-state index contributed by atoms with van der Waals surface area (Å²) in [5.41, 5.74) is 1.62. The van der Waals surface area contributed by atoms with Crippen molar-refractivity contribution in [1.29, 1.82) is 0 Å². The fourth-order valence-electron chi connectivity index (χ4n) is 1.70. The average Bonchev–Trinajstić information content (AvgIpc) is 2.88. The van der Waals surface area contributed by atoms with Crippen molar-refractivity contribution in [3.05, 3.63) is 39.8 Å². The summed E-state index contributed by atoms with van der Waals surface area (Å²) in [7, 11) is 0. The number of hydrogen-bond acceptors (Lipinski definition) is 5. The molecule has 96 valence electrons. The Balaban J connectivity index is 2.19. The number of hydrogen-bond donors (Lipinski definition) is 1. The van der Waals surface area contributed by atoms with Gasteiger partial charge in [0, 0.05) is 28.9 Å². The van der Waals surface area contributed by atoms with Crippen molar-refractivity contribution in [3.63, 3.8) is 0 Å². The minimum absolute atomic E-state index is 0.0108. The number of aliphatic hydroxyl groups is 1. The minimum atomic E-state index is -0.0108. The molecule has 18 heavy (non-hydrogen) atoms. The van der Waals surface area contributed by atoms with Crippen LogP contribution in [-0.4, -0.2) is 21.6 Å². The van der Waals surface area contributed by atoms with Crippen molar-refractivity contribution in [2.75, 3.05) is 11.4 Å². The third-order valence-electron chi connectivity index (χ3n) is 2.83. The smallest absolute Gasteiger partial charge is 0.225 e. The second-order valence-electron chi connectivity index (χ2n) is 4.03. The van der Waals surface area contributed by atoms with E-state index in [1.54, 1.807) is 17.5 Å². The Morgan fingerprint density at radius 2 is 2.28 bits per heavy atom. The van der Waals surface area contributed by atoms with Gasteiger partial charge in [0.1, 0.15) is 0 Å². The Morgan fingerprint density at radius 3 is 2.83 bits per heavy atom. The molecule has 0 amide bonds. The van der Waals surface area contributed by atoms with Gasteiger partial charge in [-0.2, -0.15) is 0 Å². The zero-order chi connectivity index (χ0) is 13.0. The molecule has 0 fully saturated rings. The summed E-state index contributed by atoms with van der Waals surface area (Å²) in [4.78, 5) is 12.2. The lowest BCUT2D eigenvalue weighted by atomic mass is 10.2. The maximum atomic E-state index is 9.12. The normalized spacial score (nSPS) is 10.6. The summed E-state index contributed by atoms with van der Waals surface area (Å²) in [6.45, 7) is 5.66. The molecule has 0 unspecified atom stereocenters. The molecule has 2 aromatic rings. The first-order valence-electron chi connectivity index (χ1n) is 5.95. The van der Waals surface area contributed by atoms with E-state index >= 15 is 0 Å². The van der Waals surface area contributed by atoms with Crippen LogP contribution in [0.25, 0.3) is 0 Å². The van der Waals surface area contributed by atoms with Gasteiger partial charge in [0.25, 0.3) is 0 Å². The van der Waals surface area contributed by atoms with Gasteiger partial charge in [-0.05, 0) is 25.3 Å². The molecule has 0 aliphatic rings. The third-order valence-corrected chi connectivity index (χ3v) is 3.69. The lowest BCUT2D eigenvalue weighted by Gasteiger charge is -2.20. The number of thiophene rings is 1. The monoisotopic (exact) mass is 263 g/mol. The van der Waals surface area contributed by atoms with E-state index in [0.29, 0.717) is 0 Å². The largest absolute Gasteiger partial charge is 0.392 e. The van der Waals surface area contributed by atoms with Crippen molar-refractivity contribution in [2.24, 2.45) is 0 Å². The first-order valence-corrected chi connectivity index (χ1v) is 6.83. The molecule has 0 atom stereocenters. The molecule has 0 aliphatic heterocycles. The number of aromatic nitrogens is 2. The Hall–Kier alpha value is -1.46. The minimum Gasteiger partial charge on any atom is -0.392 e. The van der Waals surface area contributed by atoms with Crippen molar-refractivity contribution < 1.29 is 5.11 Å². The molecule has 0 radical (unpaired) electrons. The van der Waals surface area contributed by atoms with Gasteiger partial charge in [0.15, 0.2) is 0 Å². The second-order valence-corrected chi connectivity index (χ2v) is 5.06. The van der Waals surface area contributed by atoms with Crippen LogP contribution in [-0.2, 0) is 13.2 Å². The summed E-state index contributed by atoms with van der Waals surface area (Å²) >= 11 is 1.74. The van der Waals surface area contributed by atoms with Crippen LogP contribution in [0.3, 0.4) is 0 Å². The summed E-state index contributed by atoms with van der Waals surface area (Å²) in [5, 5.41) is 11.2. The van der Waals surface area contributed by atoms with Gasteiger partial charge in [-0.1, -0.05) is 6.07 Å². The van der Waals surface area contributed by atoms with Crippen LogP contribution in [0, 0.1) is 6.92 Å². The van der Waals surface area contributed by atoms with Gasteiger partial charge < -0.3 is 10.0 Å². The fourth-order valence-corrected chi connectivity index (χ4v) is 2.42. The Morgan fingerprint density at radius 1 is 1.44 bits per heavy atom. The predicted octanol–water partition coefficient (Wildman–Crippen LogP) is 2.37. The van der Waals surface area contributed by atoms with Crippen molar-refractivity contribution in [2.45, 2.75) is 27.0 Å². The Bertz CT molecular complexity index is 499. The van der Waals surface area contributed by atoms with Crippen LogP contribution >= 0.6 is 11.3 Å². The predicted molar refractivity (Wildman–Crippen MR) is 73.7 cm³/mol. The van der Waals surface area contributed by atoms with Crippen LogP contribution in [0.1, 0.15) is 23.1 Å². The van der Waals surface area contributed by atoms with Crippen molar-refractivity contribution >= 4 is 17.3 Å². The van der Waals surface area contributed by atoms with E-state index in [-0.39, 0.29) is 6.61 Å². The molecule has 4 nitrogen and oxygen atoms in total. The SMILES string of the molecule is CCN(Cc1cccs1)c1ncc(CO)c(C)n1. The third kappa shape index (κ3) is 2.86. The second kappa shape index (κ2) is 5.93. The zero-order valence-electron chi connectivity index (χ0n) is 10.6. The number of aliphatic hydroxyl groups excluding tert-OH is 1. The van der Waals surface area contributed by atoms with E-state index in [1.165, 1.54) is 4.88 Å². The number of rotatable bonds is 5. The highest BCUT2D eigenvalue weighted by atomic mass is 32.1. The lowest BCUT2D eigenvalue weighted by Crippen LogP contribution is -2.24. The van der Waals surface area contributed by atoms with Gasteiger partial charge in [0.05, 0.1) is 13.2 Å². The molecular weight excluding hydrogens is 246 g/mol. The van der Waals surface area contributed by atoms with Crippen LogP contribution < -0.4 is 4.90 Å². The van der Waals surface area contributed by atoms with Crippen LogP contribution in [0.5, 0.6) is 0 Å². The summed E-state index contributed by atoms with van der Waals surface area (Å²) in [6, 6.07) is 4.16. The Kier molecular flexibility index (Phi) is 4.28. The first kappa shape index (κ1) is 13.0. The van der Waals surface area contributed by atoms with Crippen molar-refractivity contribution in [3.8, 4) is 0 Å². The van der Waals surface area contributed by atoms with Crippen LogP contribution in [0.15, 0.2) is 23.7 Å². The highest BCUT2D eigenvalue weighted by Gasteiger charge is 2.10. The van der Waals surface area contributed by atoms with E-state index in [9.17, 15) is 0 Å². The first-order chi connectivity index (χ1) is 8.74. The number of anilines is 1. The van der Waals surface area contributed by atoms with E-state index in [2.05, 4.69) is 39.3 Å². The standard InChI is InChI=1S/C13H17N3OS/c1-3-16(8-12-5-4-6-18-12)13-14-7-11(9-17)10(2)15-13/h4-7,17H,3,8-9H2,1-2H3. The molecule has 1 N–H and O–H groups in total. The molecule has 0 bridgehead atoms. The molecule has 0 aliphatic carbocycles. The maximum Gasteiger partial charge on any atom is 0.225 e. The molecule has 2 rings (SSSR count). The number of aryl methyl sites for hydroxylation is 1. The average molecular weight is 263 g/mol. The molecular formula is C13H17N3OS. The Labute approximate surface area is 111 Å². The van der Waals surface area contributed by atoms with Gasteiger partial charge in [-0.3, -0.25) is 0 Å². The maximum absolute atomic E-state index is 9.12. The van der Waals surface area contributed by atoms with Gasteiger partial charge in [-0.25, -0.2) is 9.97 Å². The van der Waals surface area contributed by atoms with Crippen molar-refractivity contribution in [1.82, 2.24) is 9.97 Å². The lowest BCUT2D eigenvalue weighted by molar-refractivity contribution is 0.280. The summed E-state index contributed by atoms with van der Waals surface area (Å²) < 4.78 is 0. The molecule has 0 saturated heterocycles. The summed E-state index contributed by atoms with van der Waals surface area (Å²) in [6.07, 6.45) is 1.70. The number of nitrogens with zero attached hydrogens (tertiary/aromatic N) is 3. The topological polar surface area (TPSA) is 49.2 Å². The van der Waals surface area contributed by atoms with E-state index < -0.39 is 0 Å². The quantitative estimate of drug-likeness (QED) is 0.899. The highest BCUT2D eigenvalue weighted by molar-refractivity contribution is 7.09. The molecule has 5 heteroatoms. The van der Waals surface area contributed by atoms with Gasteiger partial charge in [-0.15, -0.1) is 11.3 Å². The molecule has 0 aromatic carbocycles.